The summed E-state index contributed by atoms with van der Waals surface area (Å²) >= 11 is 0. The van der Waals surface area contributed by atoms with Crippen molar-refractivity contribution in [3.05, 3.63) is 35.9 Å². The summed E-state index contributed by atoms with van der Waals surface area (Å²) in [6.07, 6.45) is 2.33. The molecule has 0 radical (unpaired) electrons. The smallest absolute Gasteiger partial charge is 0.0249 e. The molecule has 2 rings (SSSR count). The van der Waals surface area contributed by atoms with Gasteiger partial charge in [-0.05, 0) is 38.2 Å². The Labute approximate surface area is 130 Å². The van der Waals surface area contributed by atoms with Gasteiger partial charge in [0.05, 0.1) is 0 Å². The van der Waals surface area contributed by atoms with Crippen LogP contribution < -0.4 is 5.32 Å². The van der Waals surface area contributed by atoms with Gasteiger partial charge in [0.2, 0.25) is 0 Å². The fourth-order valence-corrected chi connectivity index (χ4v) is 3.37. The van der Waals surface area contributed by atoms with Crippen LogP contribution in [0.4, 0.5) is 0 Å². The van der Waals surface area contributed by atoms with E-state index in [4.69, 9.17) is 0 Å². The molecule has 1 aliphatic rings. The van der Waals surface area contributed by atoms with Crippen molar-refractivity contribution >= 4 is 0 Å². The monoisotopic (exact) mass is 288 g/mol. The molecule has 1 aliphatic heterocycles. The maximum Gasteiger partial charge on any atom is 0.0249 e. The number of benzene rings is 1. The van der Waals surface area contributed by atoms with Gasteiger partial charge in [-0.3, -0.25) is 4.90 Å². The molecule has 21 heavy (non-hydrogen) atoms. The molecule has 0 aromatic heterocycles. The first kappa shape index (κ1) is 16.5. The highest BCUT2D eigenvalue weighted by molar-refractivity contribution is 5.16. The van der Waals surface area contributed by atoms with E-state index in [9.17, 15) is 0 Å². The summed E-state index contributed by atoms with van der Waals surface area (Å²) < 4.78 is 0. The van der Waals surface area contributed by atoms with Gasteiger partial charge in [-0.15, -0.1) is 0 Å². The summed E-state index contributed by atoms with van der Waals surface area (Å²) in [7, 11) is 0. The van der Waals surface area contributed by atoms with E-state index in [0.29, 0.717) is 18.0 Å². The van der Waals surface area contributed by atoms with Crippen LogP contribution in [-0.2, 0) is 6.42 Å². The van der Waals surface area contributed by atoms with Gasteiger partial charge >= 0.3 is 0 Å². The second kappa shape index (κ2) is 6.93. The third-order valence-electron chi connectivity index (χ3n) is 5.17. The van der Waals surface area contributed by atoms with Gasteiger partial charge in [-0.25, -0.2) is 0 Å². The molecule has 2 heteroatoms. The third-order valence-corrected chi connectivity index (χ3v) is 5.17. The Morgan fingerprint density at radius 3 is 2.48 bits per heavy atom. The number of hydrogen-bond donors (Lipinski definition) is 1. The van der Waals surface area contributed by atoms with Crippen LogP contribution in [0.15, 0.2) is 30.3 Å². The minimum atomic E-state index is 0.284. The minimum Gasteiger partial charge on any atom is -0.311 e. The standard InChI is InChI=1S/C19H32N2/c1-6-19(4,5)21-14-17(20-13-18(21)15(2)3)12-16-10-8-7-9-11-16/h7-11,15,17-18,20H,6,12-14H2,1-5H3. The molecule has 118 valence electrons. The van der Waals surface area contributed by atoms with Crippen molar-refractivity contribution in [2.24, 2.45) is 5.92 Å². The van der Waals surface area contributed by atoms with E-state index < -0.39 is 0 Å². The molecule has 1 heterocycles. The van der Waals surface area contributed by atoms with Gasteiger partial charge in [-0.2, -0.15) is 0 Å². The Hall–Kier alpha value is -0.860. The van der Waals surface area contributed by atoms with Crippen LogP contribution in [0, 0.1) is 5.92 Å². The number of hydrogen-bond acceptors (Lipinski definition) is 2. The zero-order valence-corrected chi connectivity index (χ0v) is 14.4. The topological polar surface area (TPSA) is 15.3 Å². The van der Waals surface area contributed by atoms with Crippen LogP contribution in [-0.4, -0.2) is 35.6 Å². The molecule has 0 saturated carbocycles. The number of nitrogens with one attached hydrogen (secondary N) is 1. The molecule has 2 unspecified atom stereocenters. The second-order valence-corrected chi connectivity index (χ2v) is 7.42. The maximum atomic E-state index is 3.78. The maximum absolute atomic E-state index is 3.78. The van der Waals surface area contributed by atoms with Gasteiger partial charge in [0.1, 0.15) is 0 Å². The van der Waals surface area contributed by atoms with Crippen LogP contribution in [0.1, 0.15) is 46.6 Å². The van der Waals surface area contributed by atoms with E-state index >= 15 is 0 Å². The zero-order chi connectivity index (χ0) is 15.5. The van der Waals surface area contributed by atoms with Crippen LogP contribution in [0.3, 0.4) is 0 Å². The zero-order valence-electron chi connectivity index (χ0n) is 14.4. The van der Waals surface area contributed by atoms with E-state index in [0.717, 1.165) is 19.5 Å². The Bertz CT molecular complexity index is 424. The quantitative estimate of drug-likeness (QED) is 0.888. The fraction of sp³-hybridized carbons (Fsp3) is 0.684. The lowest BCUT2D eigenvalue weighted by Crippen LogP contribution is -2.64. The number of piperazine rings is 1. The molecule has 1 N–H and O–H groups in total. The third kappa shape index (κ3) is 4.08. The highest BCUT2D eigenvalue weighted by atomic mass is 15.3. The molecule has 1 saturated heterocycles. The van der Waals surface area contributed by atoms with E-state index in [1.807, 2.05) is 0 Å². The Kier molecular flexibility index (Phi) is 5.45. The van der Waals surface area contributed by atoms with Crippen molar-refractivity contribution < 1.29 is 0 Å². The summed E-state index contributed by atoms with van der Waals surface area (Å²) in [4.78, 5) is 2.75. The van der Waals surface area contributed by atoms with Gasteiger partial charge in [0.25, 0.3) is 0 Å². The molecule has 1 aromatic carbocycles. The SMILES string of the molecule is CCC(C)(C)N1CC(Cc2ccccc2)NCC1C(C)C. The lowest BCUT2D eigenvalue weighted by atomic mass is 9.88. The van der Waals surface area contributed by atoms with Gasteiger partial charge in [0.15, 0.2) is 0 Å². The largest absolute Gasteiger partial charge is 0.311 e. The Balaban J connectivity index is 2.08. The molecular formula is C19H32N2. The lowest BCUT2D eigenvalue weighted by Gasteiger charge is -2.50. The highest BCUT2D eigenvalue weighted by Gasteiger charge is 2.37. The van der Waals surface area contributed by atoms with Crippen LogP contribution in [0.2, 0.25) is 0 Å². The molecular weight excluding hydrogens is 256 g/mol. The molecule has 0 aliphatic carbocycles. The molecule has 2 atom stereocenters. The normalized spacial score (nSPS) is 24.5. The predicted octanol–water partition coefficient (Wildman–Crippen LogP) is 3.72. The van der Waals surface area contributed by atoms with Gasteiger partial charge in [0, 0.05) is 30.7 Å². The Morgan fingerprint density at radius 1 is 1.24 bits per heavy atom. The number of nitrogens with zero attached hydrogens (tertiary/aromatic N) is 1. The summed E-state index contributed by atoms with van der Waals surface area (Å²) in [5, 5.41) is 3.78. The van der Waals surface area contributed by atoms with Crippen molar-refractivity contribution in [2.75, 3.05) is 13.1 Å². The molecule has 1 fully saturated rings. The van der Waals surface area contributed by atoms with Crippen LogP contribution >= 0.6 is 0 Å². The van der Waals surface area contributed by atoms with Gasteiger partial charge in [-0.1, -0.05) is 51.1 Å². The average molecular weight is 288 g/mol. The fourth-order valence-electron chi connectivity index (χ4n) is 3.37. The summed E-state index contributed by atoms with van der Waals surface area (Å²) in [5.41, 5.74) is 1.72. The van der Waals surface area contributed by atoms with Crippen LogP contribution in [0.25, 0.3) is 0 Å². The Morgan fingerprint density at radius 2 is 1.90 bits per heavy atom. The lowest BCUT2D eigenvalue weighted by molar-refractivity contribution is 0.00797. The molecule has 0 amide bonds. The van der Waals surface area contributed by atoms with E-state index in [2.05, 4.69) is 75.2 Å². The average Bonchev–Trinajstić information content (AvgIpc) is 2.48. The predicted molar refractivity (Wildman–Crippen MR) is 91.6 cm³/mol. The van der Waals surface area contributed by atoms with E-state index in [-0.39, 0.29) is 5.54 Å². The van der Waals surface area contributed by atoms with E-state index in [1.165, 1.54) is 12.0 Å². The minimum absolute atomic E-state index is 0.284. The number of rotatable bonds is 5. The van der Waals surface area contributed by atoms with Crippen molar-refractivity contribution in [2.45, 2.75) is 65.1 Å². The van der Waals surface area contributed by atoms with Crippen LogP contribution in [0.5, 0.6) is 0 Å². The summed E-state index contributed by atoms with van der Waals surface area (Å²) in [5.74, 6) is 0.695. The molecule has 2 nitrogen and oxygen atoms in total. The van der Waals surface area contributed by atoms with Gasteiger partial charge < -0.3 is 5.32 Å². The molecule has 0 spiro atoms. The molecule has 0 bridgehead atoms. The first-order chi connectivity index (χ1) is 9.94. The first-order valence-electron chi connectivity index (χ1n) is 8.48. The first-order valence-corrected chi connectivity index (χ1v) is 8.48. The second-order valence-electron chi connectivity index (χ2n) is 7.42. The van der Waals surface area contributed by atoms with Crippen molar-refractivity contribution in [1.29, 1.82) is 0 Å². The summed E-state index contributed by atoms with van der Waals surface area (Å²) in [6.45, 7) is 14.1. The van der Waals surface area contributed by atoms with Crippen molar-refractivity contribution in [3.8, 4) is 0 Å². The van der Waals surface area contributed by atoms with Crippen molar-refractivity contribution in [3.63, 3.8) is 0 Å². The highest BCUT2D eigenvalue weighted by Crippen LogP contribution is 2.27. The van der Waals surface area contributed by atoms with Crippen molar-refractivity contribution in [1.82, 2.24) is 10.2 Å². The van der Waals surface area contributed by atoms with E-state index in [1.54, 1.807) is 0 Å². The molecule has 1 aromatic rings. The summed E-state index contributed by atoms with van der Waals surface area (Å²) in [6, 6.07) is 12.1.